The minimum absolute atomic E-state index is 0.0568. The van der Waals surface area contributed by atoms with Gasteiger partial charge in [-0.05, 0) is 37.1 Å². The quantitative estimate of drug-likeness (QED) is 0.847. The number of hydrogen-bond donors (Lipinski definition) is 0. The lowest BCUT2D eigenvalue weighted by Crippen LogP contribution is -2.44. The summed E-state index contributed by atoms with van der Waals surface area (Å²) in [5, 5.41) is 16.7. The van der Waals surface area contributed by atoms with Crippen LogP contribution in [0.1, 0.15) is 28.8 Å². The number of nitrogens with zero attached hydrogens (tertiary/aromatic N) is 4. The second kappa shape index (κ2) is 7.62. The smallest absolute Gasteiger partial charge is 0.253 e. The van der Waals surface area contributed by atoms with Crippen molar-refractivity contribution in [1.29, 1.82) is 5.26 Å². The van der Waals surface area contributed by atoms with Crippen LogP contribution < -0.4 is 9.47 Å². The van der Waals surface area contributed by atoms with E-state index in [1.54, 1.807) is 41.3 Å². The minimum Gasteiger partial charge on any atom is -0.480 e. The molecule has 2 heterocycles. The van der Waals surface area contributed by atoms with Gasteiger partial charge >= 0.3 is 0 Å². The van der Waals surface area contributed by atoms with Gasteiger partial charge in [0.25, 0.3) is 5.91 Å². The van der Waals surface area contributed by atoms with Crippen LogP contribution in [0.3, 0.4) is 0 Å². The van der Waals surface area contributed by atoms with Crippen LogP contribution in [0.5, 0.6) is 11.8 Å². The molecule has 7 nitrogen and oxygen atoms in total. The molecule has 0 saturated carbocycles. The first-order valence-electron chi connectivity index (χ1n) is 8.03. The Labute approximate surface area is 145 Å². The summed E-state index contributed by atoms with van der Waals surface area (Å²) in [5.41, 5.74) is 1.11. The van der Waals surface area contributed by atoms with E-state index in [1.807, 2.05) is 6.07 Å². The van der Waals surface area contributed by atoms with E-state index in [2.05, 4.69) is 10.2 Å². The Hall–Kier alpha value is -3.14. The van der Waals surface area contributed by atoms with Gasteiger partial charge in [0, 0.05) is 24.2 Å². The van der Waals surface area contributed by atoms with Crippen molar-refractivity contribution < 1.29 is 14.3 Å². The molecule has 1 aromatic heterocycles. The first-order chi connectivity index (χ1) is 12.2. The number of benzene rings is 1. The van der Waals surface area contributed by atoms with Gasteiger partial charge in [0.1, 0.15) is 6.10 Å². The van der Waals surface area contributed by atoms with Crippen LogP contribution in [0.4, 0.5) is 0 Å². The largest absolute Gasteiger partial charge is 0.480 e. The summed E-state index contributed by atoms with van der Waals surface area (Å²) in [6.07, 6.45) is 1.58. The molecule has 1 atom stereocenters. The van der Waals surface area contributed by atoms with E-state index in [-0.39, 0.29) is 12.0 Å². The molecule has 1 aliphatic heterocycles. The maximum absolute atomic E-state index is 12.6. The standard InChI is InChI=1S/C18H18N4O3/c1-24-16-8-9-17(21-20-16)25-15-3-2-10-22(12-15)18(23)14-6-4-13(11-19)5-7-14/h4-9,15H,2-3,10,12H2,1H3. The Bertz CT molecular complexity index is 768. The van der Waals surface area contributed by atoms with Gasteiger partial charge in [0.05, 0.1) is 25.3 Å². The first-order valence-corrected chi connectivity index (χ1v) is 8.03. The number of piperidine rings is 1. The lowest BCUT2D eigenvalue weighted by Gasteiger charge is -2.32. The van der Waals surface area contributed by atoms with Crippen molar-refractivity contribution in [1.82, 2.24) is 15.1 Å². The molecule has 1 aromatic carbocycles. The average Bonchev–Trinajstić information content (AvgIpc) is 2.68. The monoisotopic (exact) mass is 338 g/mol. The lowest BCUT2D eigenvalue weighted by atomic mass is 10.1. The minimum atomic E-state index is -0.126. The van der Waals surface area contributed by atoms with Gasteiger partial charge < -0.3 is 14.4 Å². The van der Waals surface area contributed by atoms with Crippen molar-refractivity contribution in [3.8, 4) is 17.8 Å². The van der Waals surface area contributed by atoms with Gasteiger partial charge in [-0.25, -0.2) is 0 Å². The Morgan fingerprint density at radius 1 is 1.20 bits per heavy atom. The molecule has 128 valence electrons. The van der Waals surface area contributed by atoms with Crippen LogP contribution in [0, 0.1) is 11.3 Å². The number of nitriles is 1. The maximum atomic E-state index is 12.6. The van der Waals surface area contributed by atoms with Gasteiger partial charge in [-0.1, -0.05) is 0 Å². The zero-order chi connectivity index (χ0) is 17.6. The Morgan fingerprint density at radius 2 is 1.92 bits per heavy atom. The normalized spacial score (nSPS) is 16.8. The Balaban J connectivity index is 1.63. The summed E-state index contributed by atoms with van der Waals surface area (Å²) in [5.74, 6) is 0.783. The van der Waals surface area contributed by atoms with Crippen molar-refractivity contribution in [2.24, 2.45) is 0 Å². The van der Waals surface area contributed by atoms with Gasteiger partial charge in [-0.3, -0.25) is 4.79 Å². The van der Waals surface area contributed by atoms with E-state index >= 15 is 0 Å². The summed E-state index contributed by atoms with van der Waals surface area (Å²) < 4.78 is 10.8. The van der Waals surface area contributed by atoms with Gasteiger partial charge in [-0.2, -0.15) is 5.26 Å². The number of carbonyl (C=O) groups is 1. The van der Waals surface area contributed by atoms with E-state index in [0.29, 0.717) is 36.0 Å². The number of likely N-dealkylation sites (tertiary alicyclic amines) is 1. The van der Waals surface area contributed by atoms with Crippen LogP contribution in [-0.4, -0.2) is 47.3 Å². The summed E-state index contributed by atoms with van der Waals surface area (Å²) in [6.45, 7) is 1.18. The van der Waals surface area contributed by atoms with E-state index in [9.17, 15) is 4.79 Å². The van der Waals surface area contributed by atoms with Crippen LogP contribution in [0.2, 0.25) is 0 Å². The molecule has 0 aliphatic carbocycles. The zero-order valence-electron chi connectivity index (χ0n) is 13.9. The van der Waals surface area contributed by atoms with Crippen molar-refractivity contribution >= 4 is 5.91 Å². The molecule has 0 spiro atoms. The molecule has 2 aromatic rings. The van der Waals surface area contributed by atoms with Crippen molar-refractivity contribution in [3.05, 3.63) is 47.5 Å². The van der Waals surface area contributed by atoms with Gasteiger partial charge in [-0.15, -0.1) is 10.2 Å². The number of methoxy groups -OCH3 is 1. The molecule has 3 rings (SSSR count). The Kier molecular flexibility index (Phi) is 5.09. The molecule has 0 N–H and O–H groups in total. The molecule has 25 heavy (non-hydrogen) atoms. The van der Waals surface area contributed by atoms with Crippen LogP contribution >= 0.6 is 0 Å². The molecule has 1 amide bonds. The van der Waals surface area contributed by atoms with Crippen LogP contribution in [-0.2, 0) is 0 Å². The second-order valence-corrected chi connectivity index (χ2v) is 5.74. The second-order valence-electron chi connectivity index (χ2n) is 5.74. The fourth-order valence-corrected chi connectivity index (χ4v) is 2.74. The zero-order valence-corrected chi connectivity index (χ0v) is 13.9. The van der Waals surface area contributed by atoms with E-state index < -0.39 is 0 Å². The average molecular weight is 338 g/mol. The summed E-state index contributed by atoms with van der Waals surface area (Å²) in [6, 6.07) is 12.1. The molecule has 1 saturated heterocycles. The number of hydrogen-bond acceptors (Lipinski definition) is 6. The SMILES string of the molecule is COc1ccc(OC2CCCN(C(=O)c3ccc(C#N)cc3)C2)nn1. The molecule has 7 heteroatoms. The molecular weight excluding hydrogens is 320 g/mol. The molecule has 1 fully saturated rings. The van der Waals surface area contributed by atoms with E-state index in [4.69, 9.17) is 14.7 Å². The fraction of sp³-hybridized carbons (Fsp3) is 0.333. The summed E-state index contributed by atoms with van der Waals surface area (Å²) in [7, 11) is 1.53. The molecule has 0 radical (unpaired) electrons. The molecule has 1 aliphatic rings. The molecule has 1 unspecified atom stereocenters. The van der Waals surface area contributed by atoms with E-state index in [0.717, 1.165) is 12.8 Å². The third-order valence-electron chi connectivity index (χ3n) is 4.04. The molecular formula is C18H18N4O3. The number of rotatable bonds is 4. The van der Waals surface area contributed by atoms with Gasteiger partial charge in [0.15, 0.2) is 0 Å². The van der Waals surface area contributed by atoms with Crippen molar-refractivity contribution in [3.63, 3.8) is 0 Å². The lowest BCUT2D eigenvalue weighted by molar-refractivity contribution is 0.0525. The van der Waals surface area contributed by atoms with Crippen LogP contribution in [0.15, 0.2) is 36.4 Å². The third-order valence-corrected chi connectivity index (χ3v) is 4.04. The summed E-state index contributed by atoms with van der Waals surface area (Å²) in [4.78, 5) is 14.4. The van der Waals surface area contributed by atoms with Crippen LogP contribution in [0.25, 0.3) is 0 Å². The third kappa shape index (κ3) is 4.04. The van der Waals surface area contributed by atoms with Crippen molar-refractivity contribution in [2.75, 3.05) is 20.2 Å². The number of ether oxygens (including phenoxy) is 2. The number of amides is 1. The predicted octanol–water partition coefficient (Wildman–Crippen LogP) is 2.04. The predicted molar refractivity (Wildman–Crippen MR) is 89.3 cm³/mol. The highest BCUT2D eigenvalue weighted by atomic mass is 16.5. The fourth-order valence-electron chi connectivity index (χ4n) is 2.74. The number of carbonyl (C=O) groups excluding carboxylic acids is 1. The highest BCUT2D eigenvalue weighted by molar-refractivity contribution is 5.94. The van der Waals surface area contributed by atoms with E-state index in [1.165, 1.54) is 7.11 Å². The number of aromatic nitrogens is 2. The van der Waals surface area contributed by atoms with Crippen molar-refractivity contribution in [2.45, 2.75) is 18.9 Å². The molecule has 0 bridgehead atoms. The van der Waals surface area contributed by atoms with Gasteiger partial charge in [0.2, 0.25) is 11.8 Å². The maximum Gasteiger partial charge on any atom is 0.253 e. The topological polar surface area (TPSA) is 88.3 Å². The first kappa shape index (κ1) is 16.7. The highest BCUT2D eigenvalue weighted by Gasteiger charge is 2.26. The highest BCUT2D eigenvalue weighted by Crippen LogP contribution is 2.19. The summed E-state index contributed by atoms with van der Waals surface area (Å²) >= 11 is 0. The Morgan fingerprint density at radius 3 is 2.56 bits per heavy atom.